The number of hydrogen-bond acceptors (Lipinski definition) is 1. The largest absolute Gasteiger partial charge is 0.456 e. The predicted octanol–water partition coefficient (Wildman–Crippen LogP) is 14.9. The Morgan fingerprint density at radius 2 is 0.719 bits per heavy atom. The van der Waals surface area contributed by atoms with Crippen molar-refractivity contribution < 1.29 is 4.42 Å². The molecule has 0 aliphatic carbocycles. The summed E-state index contributed by atoms with van der Waals surface area (Å²) in [5, 5.41) is 12.4. The van der Waals surface area contributed by atoms with E-state index in [-0.39, 0.29) is 0 Å². The highest BCUT2D eigenvalue weighted by Gasteiger charge is 2.31. The quantitative estimate of drug-likeness (QED) is 0.178. The summed E-state index contributed by atoms with van der Waals surface area (Å²) in [6.07, 6.45) is 0. The van der Waals surface area contributed by atoms with Gasteiger partial charge in [0.05, 0.1) is 38.5 Å². The van der Waals surface area contributed by atoms with Gasteiger partial charge in [-0.3, -0.25) is 0 Å². The highest BCUT2D eigenvalue weighted by molar-refractivity contribution is 6.39. The zero-order valence-corrected chi connectivity index (χ0v) is 30.6. The SMILES string of the molecule is c1ccc(-c2cccc3c4cccc5c6c(-c7ccccc7)c7c(c(-c8ccccc8)c6n(c23)c45)c2cccc3c4ccc5oc6ccccc6c5c4n7c32)cc1. The van der Waals surface area contributed by atoms with Crippen molar-refractivity contribution in [2.45, 2.75) is 0 Å². The molecule has 0 aliphatic heterocycles. The van der Waals surface area contributed by atoms with Gasteiger partial charge in [-0.25, -0.2) is 0 Å². The van der Waals surface area contributed by atoms with Crippen LogP contribution < -0.4 is 0 Å². The molecular weight excluding hydrogens is 693 g/mol. The minimum atomic E-state index is 0.907. The van der Waals surface area contributed by atoms with E-state index in [1.54, 1.807) is 0 Å². The van der Waals surface area contributed by atoms with Crippen LogP contribution in [0.4, 0.5) is 0 Å². The van der Waals surface area contributed by atoms with E-state index in [0.717, 1.165) is 21.9 Å². The summed E-state index contributed by atoms with van der Waals surface area (Å²) in [6.45, 7) is 0. The van der Waals surface area contributed by atoms with Gasteiger partial charge in [-0.2, -0.15) is 0 Å². The molecule has 0 unspecified atom stereocenters. The van der Waals surface area contributed by atoms with Crippen molar-refractivity contribution in [3.63, 3.8) is 0 Å². The molecule has 9 aromatic carbocycles. The summed E-state index contributed by atoms with van der Waals surface area (Å²) in [7, 11) is 0. The van der Waals surface area contributed by atoms with Crippen LogP contribution in [0.1, 0.15) is 0 Å². The Hall–Kier alpha value is -7.62. The Kier molecular flexibility index (Phi) is 5.51. The molecule has 0 aliphatic rings. The zero-order valence-electron chi connectivity index (χ0n) is 30.6. The molecule has 0 atom stereocenters. The predicted molar refractivity (Wildman–Crippen MR) is 239 cm³/mol. The topological polar surface area (TPSA) is 22.0 Å². The lowest BCUT2D eigenvalue weighted by molar-refractivity contribution is 0.669. The van der Waals surface area contributed by atoms with Crippen molar-refractivity contribution in [3.05, 3.63) is 182 Å². The molecule has 262 valence electrons. The first-order valence-corrected chi connectivity index (χ1v) is 19.7. The van der Waals surface area contributed by atoms with Crippen molar-refractivity contribution in [1.82, 2.24) is 8.80 Å². The van der Waals surface area contributed by atoms with Gasteiger partial charge in [0.1, 0.15) is 11.2 Å². The van der Waals surface area contributed by atoms with E-state index in [1.165, 1.54) is 110 Å². The summed E-state index contributed by atoms with van der Waals surface area (Å²) in [6, 6.07) is 66.7. The molecule has 0 saturated heterocycles. The standard InChI is InChI=1S/C54H30N2O/c1-4-15-31(16-5-1)34-22-12-23-35-36-24-13-26-40-47-45(33-19-8-3-9-20-33)54-48(44(32-17-6-2-7-18-32)53(47)55(49(34)35)50(36)40)41-27-14-25-37-38-29-30-43-46(52(38)56(54)51(37)41)39-21-10-11-28-42(39)57-43/h1-30H. The second-order valence-electron chi connectivity index (χ2n) is 15.5. The molecule has 0 N–H and O–H groups in total. The Morgan fingerprint density at radius 1 is 0.263 bits per heavy atom. The number of nitrogens with zero attached hydrogens (tertiary/aromatic N) is 2. The third-order valence-corrected chi connectivity index (χ3v) is 12.7. The number of furan rings is 1. The molecule has 57 heavy (non-hydrogen) atoms. The van der Waals surface area contributed by atoms with Gasteiger partial charge in [0.2, 0.25) is 0 Å². The summed E-state index contributed by atoms with van der Waals surface area (Å²) in [5.74, 6) is 0. The van der Waals surface area contributed by atoms with Crippen molar-refractivity contribution in [3.8, 4) is 33.4 Å². The van der Waals surface area contributed by atoms with Crippen LogP contribution in [-0.2, 0) is 0 Å². The van der Waals surface area contributed by atoms with Crippen LogP contribution in [0.15, 0.2) is 186 Å². The van der Waals surface area contributed by atoms with Crippen molar-refractivity contribution in [1.29, 1.82) is 0 Å². The zero-order chi connectivity index (χ0) is 36.9. The van der Waals surface area contributed by atoms with Crippen LogP contribution >= 0.6 is 0 Å². The Labute approximate surface area is 325 Å². The second kappa shape index (κ2) is 10.6. The lowest BCUT2D eigenvalue weighted by Gasteiger charge is -2.16. The molecule has 5 aromatic heterocycles. The van der Waals surface area contributed by atoms with Crippen LogP contribution in [0.5, 0.6) is 0 Å². The van der Waals surface area contributed by atoms with Crippen LogP contribution in [0, 0.1) is 0 Å². The molecule has 0 spiro atoms. The Morgan fingerprint density at radius 3 is 1.33 bits per heavy atom. The van der Waals surface area contributed by atoms with E-state index in [0.29, 0.717) is 0 Å². The van der Waals surface area contributed by atoms with Crippen LogP contribution in [0.25, 0.3) is 132 Å². The minimum absolute atomic E-state index is 0.907. The molecule has 0 fully saturated rings. The molecule has 0 saturated carbocycles. The fourth-order valence-corrected chi connectivity index (χ4v) is 10.6. The number of fused-ring (bicyclic) bond motifs is 16. The maximum atomic E-state index is 6.59. The van der Waals surface area contributed by atoms with Crippen LogP contribution in [0.2, 0.25) is 0 Å². The maximum absolute atomic E-state index is 6.59. The maximum Gasteiger partial charge on any atom is 0.137 e. The molecular formula is C54H30N2O. The molecule has 14 rings (SSSR count). The van der Waals surface area contributed by atoms with E-state index in [4.69, 9.17) is 4.42 Å². The smallest absolute Gasteiger partial charge is 0.137 e. The van der Waals surface area contributed by atoms with E-state index in [1.807, 2.05) is 0 Å². The highest BCUT2D eigenvalue weighted by Crippen LogP contribution is 2.55. The summed E-state index contributed by atoms with van der Waals surface area (Å²) in [5.41, 5.74) is 16.6. The first-order chi connectivity index (χ1) is 28.3. The van der Waals surface area contributed by atoms with Gasteiger partial charge in [0.25, 0.3) is 0 Å². The first-order valence-electron chi connectivity index (χ1n) is 19.7. The molecule has 0 radical (unpaired) electrons. The van der Waals surface area contributed by atoms with Crippen molar-refractivity contribution in [2.24, 2.45) is 0 Å². The third kappa shape index (κ3) is 3.59. The Bertz CT molecular complexity index is 3940. The fourth-order valence-electron chi connectivity index (χ4n) is 10.6. The monoisotopic (exact) mass is 722 g/mol. The first kappa shape index (κ1) is 29.7. The van der Waals surface area contributed by atoms with E-state index in [9.17, 15) is 0 Å². The molecule has 0 amide bonds. The number of hydrogen-bond donors (Lipinski definition) is 0. The second-order valence-corrected chi connectivity index (χ2v) is 15.5. The normalized spacial score (nSPS) is 12.6. The fraction of sp³-hybridized carbons (Fsp3) is 0. The molecule has 3 nitrogen and oxygen atoms in total. The average molecular weight is 723 g/mol. The van der Waals surface area contributed by atoms with Crippen molar-refractivity contribution in [2.75, 3.05) is 0 Å². The number of rotatable bonds is 3. The summed E-state index contributed by atoms with van der Waals surface area (Å²) < 4.78 is 11.8. The molecule has 5 heterocycles. The highest BCUT2D eigenvalue weighted by atomic mass is 16.3. The van der Waals surface area contributed by atoms with Gasteiger partial charge in [-0.05, 0) is 34.9 Å². The minimum Gasteiger partial charge on any atom is -0.456 e. The summed E-state index contributed by atoms with van der Waals surface area (Å²) >= 11 is 0. The molecule has 0 bridgehead atoms. The Balaban J connectivity index is 1.36. The van der Waals surface area contributed by atoms with Gasteiger partial charge >= 0.3 is 0 Å². The van der Waals surface area contributed by atoms with E-state index < -0.39 is 0 Å². The number of aromatic nitrogens is 2. The van der Waals surface area contributed by atoms with Gasteiger partial charge in [-0.15, -0.1) is 0 Å². The molecule has 3 heteroatoms. The number of benzene rings is 9. The third-order valence-electron chi connectivity index (χ3n) is 12.7. The molecule has 14 aromatic rings. The summed E-state index contributed by atoms with van der Waals surface area (Å²) in [4.78, 5) is 0. The number of para-hydroxylation sites is 4. The average Bonchev–Trinajstić information content (AvgIpc) is 4.08. The van der Waals surface area contributed by atoms with Gasteiger partial charge in [0, 0.05) is 65.2 Å². The van der Waals surface area contributed by atoms with Gasteiger partial charge < -0.3 is 13.2 Å². The van der Waals surface area contributed by atoms with Crippen LogP contribution in [-0.4, -0.2) is 8.80 Å². The van der Waals surface area contributed by atoms with Gasteiger partial charge in [-0.1, -0.05) is 164 Å². The lowest BCUT2D eigenvalue weighted by atomic mass is 9.89. The van der Waals surface area contributed by atoms with Crippen molar-refractivity contribution >= 4 is 98.1 Å². The van der Waals surface area contributed by atoms with E-state index >= 15 is 0 Å². The van der Waals surface area contributed by atoms with Gasteiger partial charge in [0.15, 0.2) is 0 Å². The van der Waals surface area contributed by atoms with E-state index in [2.05, 4.69) is 191 Å². The van der Waals surface area contributed by atoms with Crippen LogP contribution in [0.3, 0.4) is 0 Å². The lowest BCUT2D eigenvalue weighted by Crippen LogP contribution is -1.94.